The number of aromatic nitrogens is 1. The van der Waals surface area contributed by atoms with Crippen molar-refractivity contribution >= 4 is 35.0 Å². The molecule has 2 rings (SSSR count). The summed E-state index contributed by atoms with van der Waals surface area (Å²) < 4.78 is 0. The maximum absolute atomic E-state index is 12.1. The Hall–Kier alpha value is -1.52. The van der Waals surface area contributed by atoms with E-state index in [1.54, 1.807) is 18.3 Å². The number of halogens is 1. The SMILES string of the molecule is CC(Sc1ccccn1)C(=O)Nc1ccccc1Cl. The fraction of sp³-hybridized carbons (Fsp3) is 0.143. The Bertz CT molecular complexity index is 562. The molecule has 0 bridgehead atoms. The standard InChI is InChI=1S/C14H13ClN2OS/c1-10(19-13-8-4-5-9-16-13)14(18)17-12-7-3-2-6-11(12)15/h2-10H,1H3,(H,17,18). The van der Waals surface area contributed by atoms with Gasteiger partial charge in [0.15, 0.2) is 0 Å². The second-order valence-electron chi connectivity index (χ2n) is 3.90. The van der Waals surface area contributed by atoms with Crippen molar-refractivity contribution in [3.63, 3.8) is 0 Å². The molecule has 1 amide bonds. The number of amides is 1. The summed E-state index contributed by atoms with van der Waals surface area (Å²) in [6.45, 7) is 1.84. The van der Waals surface area contributed by atoms with Crippen molar-refractivity contribution in [2.75, 3.05) is 5.32 Å². The molecule has 1 N–H and O–H groups in total. The lowest BCUT2D eigenvalue weighted by Crippen LogP contribution is -2.22. The predicted octanol–water partition coefficient (Wildman–Crippen LogP) is 3.85. The van der Waals surface area contributed by atoms with E-state index in [9.17, 15) is 4.79 Å². The van der Waals surface area contributed by atoms with E-state index in [0.29, 0.717) is 10.7 Å². The van der Waals surface area contributed by atoms with Gasteiger partial charge in [0.2, 0.25) is 5.91 Å². The molecule has 0 saturated heterocycles. The third-order valence-corrected chi connectivity index (χ3v) is 3.82. The van der Waals surface area contributed by atoms with Gasteiger partial charge in [0.25, 0.3) is 0 Å². The summed E-state index contributed by atoms with van der Waals surface area (Å²) >= 11 is 7.41. The molecule has 0 aliphatic carbocycles. The largest absolute Gasteiger partial charge is 0.324 e. The number of benzene rings is 1. The summed E-state index contributed by atoms with van der Waals surface area (Å²) in [6.07, 6.45) is 1.71. The van der Waals surface area contributed by atoms with Crippen LogP contribution < -0.4 is 5.32 Å². The van der Waals surface area contributed by atoms with Gasteiger partial charge in [-0.25, -0.2) is 4.98 Å². The average molecular weight is 293 g/mol. The van der Waals surface area contributed by atoms with Crippen LogP contribution >= 0.6 is 23.4 Å². The van der Waals surface area contributed by atoms with Gasteiger partial charge in [0.1, 0.15) is 0 Å². The van der Waals surface area contributed by atoms with Crippen LogP contribution in [0.25, 0.3) is 0 Å². The Morgan fingerprint density at radius 1 is 1.26 bits per heavy atom. The first-order valence-corrected chi connectivity index (χ1v) is 7.05. The van der Waals surface area contributed by atoms with Crippen molar-refractivity contribution in [1.82, 2.24) is 4.98 Å². The summed E-state index contributed by atoms with van der Waals surface area (Å²) in [5.41, 5.74) is 0.627. The highest BCUT2D eigenvalue weighted by molar-refractivity contribution is 8.00. The number of para-hydroxylation sites is 1. The number of hydrogen-bond donors (Lipinski definition) is 1. The van der Waals surface area contributed by atoms with Crippen molar-refractivity contribution in [3.8, 4) is 0 Å². The molecular formula is C14H13ClN2OS. The number of nitrogens with zero attached hydrogens (tertiary/aromatic N) is 1. The highest BCUT2D eigenvalue weighted by atomic mass is 35.5. The topological polar surface area (TPSA) is 42.0 Å². The van der Waals surface area contributed by atoms with E-state index in [4.69, 9.17) is 11.6 Å². The van der Waals surface area contributed by atoms with E-state index >= 15 is 0 Å². The molecule has 0 radical (unpaired) electrons. The van der Waals surface area contributed by atoms with Crippen molar-refractivity contribution in [2.45, 2.75) is 17.2 Å². The second kappa shape index (κ2) is 6.59. The van der Waals surface area contributed by atoms with E-state index in [1.165, 1.54) is 11.8 Å². The zero-order valence-electron chi connectivity index (χ0n) is 10.3. The summed E-state index contributed by atoms with van der Waals surface area (Å²) in [7, 11) is 0. The normalized spacial score (nSPS) is 11.9. The van der Waals surface area contributed by atoms with E-state index in [2.05, 4.69) is 10.3 Å². The van der Waals surface area contributed by atoms with E-state index < -0.39 is 0 Å². The Morgan fingerprint density at radius 3 is 2.68 bits per heavy atom. The van der Waals surface area contributed by atoms with Gasteiger partial charge in [-0.1, -0.05) is 41.6 Å². The minimum Gasteiger partial charge on any atom is -0.324 e. The molecule has 1 heterocycles. The molecule has 2 aromatic rings. The van der Waals surface area contributed by atoms with Gasteiger partial charge in [-0.2, -0.15) is 0 Å². The lowest BCUT2D eigenvalue weighted by molar-refractivity contribution is -0.115. The highest BCUT2D eigenvalue weighted by Crippen LogP contribution is 2.24. The van der Waals surface area contributed by atoms with Crippen molar-refractivity contribution in [1.29, 1.82) is 0 Å². The molecule has 3 nitrogen and oxygen atoms in total. The zero-order valence-corrected chi connectivity index (χ0v) is 11.9. The maximum Gasteiger partial charge on any atom is 0.237 e. The molecule has 0 fully saturated rings. The molecule has 19 heavy (non-hydrogen) atoms. The first kappa shape index (κ1) is 13.9. The number of carbonyl (C=O) groups excluding carboxylic acids is 1. The van der Waals surface area contributed by atoms with Gasteiger partial charge in [0, 0.05) is 6.20 Å². The van der Waals surface area contributed by atoms with Crippen LogP contribution in [0, 0.1) is 0 Å². The number of hydrogen-bond acceptors (Lipinski definition) is 3. The van der Waals surface area contributed by atoms with E-state index in [-0.39, 0.29) is 11.2 Å². The summed E-state index contributed by atoms with van der Waals surface area (Å²) in [5.74, 6) is -0.0937. The number of anilines is 1. The van der Waals surface area contributed by atoms with Crippen LogP contribution in [0.5, 0.6) is 0 Å². The molecule has 0 aliphatic heterocycles. The van der Waals surface area contributed by atoms with Gasteiger partial charge in [-0.05, 0) is 31.2 Å². The molecule has 0 aliphatic rings. The van der Waals surface area contributed by atoms with Crippen LogP contribution in [0.15, 0.2) is 53.7 Å². The van der Waals surface area contributed by atoms with Gasteiger partial charge in [0.05, 0.1) is 21.0 Å². The number of thioether (sulfide) groups is 1. The molecule has 1 aromatic carbocycles. The Kier molecular flexibility index (Phi) is 4.82. The lowest BCUT2D eigenvalue weighted by atomic mass is 10.3. The first-order valence-electron chi connectivity index (χ1n) is 5.80. The summed E-state index contributed by atoms with van der Waals surface area (Å²) in [4.78, 5) is 16.2. The molecular weight excluding hydrogens is 280 g/mol. The number of nitrogens with one attached hydrogen (secondary N) is 1. The highest BCUT2D eigenvalue weighted by Gasteiger charge is 2.15. The van der Waals surface area contributed by atoms with E-state index in [1.807, 2.05) is 37.3 Å². The molecule has 1 atom stereocenters. The smallest absolute Gasteiger partial charge is 0.237 e. The van der Waals surface area contributed by atoms with Gasteiger partial charge in [-0.3, -0.25) is 4.79 Å². The Morgan fingerprint density at radius 2 is 2.00 bits per heavy atom. The Labute approximate surface area is 121 Å². The quantitative estimate of drug-likeness (QED) is 0.870. The molecule has 0 saturated carbocycles. The number of pyridine rings is 1. The minimum atomic E-state index is -0.244. The van der Waals surface area contributed by atoms with Crippen LogP contribution in [0.3, 0.4) is 0 Å². The predicted molar refractivity (Wildman–Crippen MR) is 79.6 cm³/mol. The van der Waals surface area contributed by atoms with Crippen LogP contribution in [-0.2, 0) is 4.79 Å². The third-order valence-electron chi connectivity index (χ3n) is 2.44. The van der Waals surface area contributed by atoms with Crippen molar-refractivity contribution in [3.05, 3.63) is 53.7 Å². The molecule has 1 unspecified atom stereocenters. The van der Waals surface area contributed by atoms with Crippen LogP contribution in [-0.4, -0.2) is 16.1 Å². The minimum absolute atomic E-state index is 0.0937. The van der Waals surface area contributed by atoms with Crippen LogP contribution in [0.4, 0.5) is 5.69 Å². The van der Waals surface area contributed by atoms with E-state index in [0.717, 1.165) is 5.03 Å². The van der Waals surface area contributed by atoms with Crippen molar-refractivity contribution < 1.29 is 4.79 Å². The number of rotatable bonds is 4. The average Bonchev–Trinajstić information content (AvgIpc) is 2.42. The van der Waals surface area contributed by atoms with Crippen molar-refractivity contribution in [2.24, 2.45) is 0 Å². The molecule has 98 valence electrons. The number of carbonyl (C=O) groups is 1. The second-order valence-corrected chi connectivity index (χ2v) is 5.67. The molecule has 1 aromatic heterocycles. The van der Waals surface area contributed by atoms with Gasteiger partial charge < -0.3 is 5.32 Å². The van der Waals surface area contributed by atoms with Crippen LogP contribution in [0.1, 0.15) is 6.92 Å². The lowest BCUT2D eigenvalue weighted by Gasteiger charge is -2.12. The van der Waals surface area contributed by atoms with Gasteiger partial charge in [-0.15, -0.1) is 0 Å². The third kappa shape index (κ3) is 3.98. The summed E-state index contributed by atoms with van der Waals surface area (Å²) in [6, 6.07) is 12.8. The first-order chi connectivity index (χ1) is 9.16. The summed E-state index contributed by atoms with van der Waals surface area (Å²) in [5, 5.41) is 3.92. The van der Waals surface area contributed by atoms with Crippen LogP contribution in [0.2, 0.25) is 5.02 Å². The Balaban J connectivity index is 1.99. The van der Waals surface area contributed by atoms with Gasteiger partial charge >= 0.3 is 0 Å². The fourth-order valence-corrected chi connectivity index (χ4v) is 2.44. The molecule has 5 heteroatoms. The molecule has 0 spiro atoms. The zero-order chi connectivity index (χ0) is 13.7. The fourth-order valence-electron chi connectivity index (χ4n) is 1.45. The monoisotopic (exact) mass is 292 g/mol. The maximum atomic E-state index is 12.1.